The Balaban J connectivity index is 1.95. The highest BCUT2D eigenvalue weighted by molar-refractivity contribution is 5.95. The Kier molecular flexibility index (Phi) is 2.59. The van der Waals surface area contributed by atoms with Gasteiger partial charge in [-0.3, -0.25) is 0 Å². The zero-order valence-corrected chi connectivity index (χ0v) is 10.1. The first-order valence-corrected chi connectivity index (χ1v) is 6.14. The molecule has 3 rings (SSSR count). The van der Waals surface area contributed by atoms with E-state index in [0.717, 1.165) is 17.4 Å². The van der Waals surface area contributed by atoms with Gasteiger partial charge in [0.1, 0.15) is 5.58 Å². The molecule has 1 saturated carbocycles. The smallest absolute Gasteiger partial charge is 0.372 e. The van der Waals surface area contributed by atoms with Gasteiger partial charge in [-0.1, -0.05) is 25.1 Å². The number of furan rings is 1. The van der Waals surface area contributed by atoms with Crippen LogP contribution in [-0.4, -0.2) is 17.1 Å². The molecule has 2 unspecified atom stereocenters. The molecule has 1 aliphatic rings. The van der Waals surface area contributed by atoms with Gasteiger partial charge < -0.3 is 14.8 Å². The molecular weight excluding hydrogens is 230 g/mol. The van der Waals surface area contributed by atoms with Crippen LogP contribution in [0.4, 0.5) is 0 Å². The Labute approximate surface area is 105 Å². The number of nitrogens with one attached hydrogen (secondary N) is 1. The van der Waals surface area contributed by atoms with Gasteiger partial charge in [-0.25, -0.2) is 4.79 Å². The summed E-state index contributed by atoms with van der Waals surface area (Å²) in [5.41, 5.74) is 1.38. The van der Waals surface area contributed by atoms with Crippen molar-refractivity contribution in [2.45, 2.75) is 25.9 Å². The first-order valence-electron chi connectivity index (χ1n) is 6.14. The van der Waals surface area contributed by atoms with Crippen molar-refractivity contribution in [2.75, 3.05) is 0 Å². The maximum absolute atomic E-state index is 11.2. The Hall–Kier alpha value is -1.81. The molecule has 1 aromatic carbocycles. The van der Waals surface area contributed by atoms with Crippen LogP contribution in [0.2, 0.25) is 0 Å². The van der Waals surface area contributed by atoms with Crippen molar-refractivity contribution in [1.82, 2.24) is 5.32 Å². The van der Waals surface area contributed by atoms with Gasteiger partial charge in [-0.15, -0.1) is 0 Å². The van der Waals surface area contributed by atoms with Crippen LogP contribution < -0.4 is 5.32 Å². The van der Waals surface area contributed by atoms with E-state index in [4.69, 9.17) is 4.42 Å². The van der Waals surface area contributed by atoms with Crippen molar-refractivity contribution in [3.63, 3.8) is 0 Å². The number of carbonyl (C=O) groups is 1. The van der Waals surface area contributed by atoms with Crippen LogP contribution in [0.1, 0.15) is 29.5 Å². The third-order valence-electron chi connectivity index (χ3n) is 3.54. The van der Waals surface area contributed by atoms with Crippen LogP contribution in [0, 0.1) is 5.92 Å². The third kappa shape index (κ3) is 1.88. The van der Waals surface area contributed by atoms with Gasteiger partial charge in [0, 0.05) is 23.5 Å². The highest BCUT2D eigenvalue weighted by Crippen LogP contribution is 2.31. The lowest BCUT2D eigenvalue weighted by Crippen LogP contribution is -2.18. The van der Waals surface area contributed by atoms with Gasteiger partial charge >= 0.3 is 5.97 Å². The molecule has 1 aromatic heterocycles. The number of carboxylic acids is 1. The average Bonchev–Trinajstić information content (AvgIpc) is 2.92. The lowest BCUT2D eigenvalue weighted by atomic mass is 10.1. The topological polar surface area (TPSA) is 62.5 Å². The number of aromatic carboxylic acids is 1. The maximum Gasteiger partial charge on any atom is 0.372 e. The SMILES string of the molecule is CC1CC1NCc1c(C(=O)O)oc2ccccc12. The van der Waals surface area contributed by atoms with Crippen LogP contribution >= 0.6 is 0 Å². The second-order valence-electron chi connectivity index (χ2n) is 4.91. The Morgan fingerprint density at radius 3 is 2.89 bits per heavy atom. The van der Waals surface area contributed by atoms with Gasteiger partial charge in [0.25, 0.3) is 0 Å². The third-order valence-corrected chi connectivity index (χ3v) is 3.54. The van der Waals surface area contributed by atoms with Crippen LogP contribution in [0.3, 0.4) is 0 Å². The zero-order chi connectivity index (χ0) is 12.7. The molecule has 4 nitrogen and oxygen atoms in total. The molecule has 4 heteroatoms. The molecule has 0 radical (unpaired) electrons. The van der Waals surface area contributed by atoms with Gasteiger partial charge in [-0.2, -0.15) is 0 Å². The molecule has 1 aliphatic carbocycles. The van der Waals surface area contributed by atoms with E-state index in [1.54, 1.807) is 6.07 Å². The molecule has 0 aliphatic heterocycles. The van der Waals surface area contributed by atoms with Gasteiger partial charge in [0.05, 0.1) is 0 Å². The van der Waals surface area contributed by atoms with E-state index in [-0.39, 0.29) is 5.76 Å². The number of fused-ring (bicyclic) bond motifs is 1. The number of hydrogen-bond acceptors (Lipinski definition) is 3. The first-order chi connectivity index (χ1) is 8.66. The standard InChI is InChI=1S/C14H15NO3/c1-8-6-11(8)15-7-10-9-4-2-3-5-12(9)18-13(10)14(16)17/h2-5,8,11,15H,6-7H2,1H3,(H,16,17). The molecule has 0 spiro atoms. The van der Waals surface area contributed by atoms with E-state index in [0.29, 0.717) is 24.1 Å². The molecule has 2 aromatic rings. The fourth-order valence-corrected chi connectivity index (χ4v) is 2.29. The molecule has 18 heavy (non-hydrogen) atoms. The number of benzene rings is 1. The Bertz CT molecular complexity index is 602. The minimum atomic E-state index is -1.01. The van der Waals surface area contributed by atoms with Crippen LogP contribution in [-0.2, 0) is 6.54 Å². The summed E-state index contributed by atoms with van der Waals surface area (Å²) < 4.78 is 5.40. The summed E-state index contributed by atoms with van der Waals surface area (Å²) in [4.78, 5) is 11.2. The summed E-state index contributed by atoms with van der Waals surface area (Å²) >= 11 is 0. The lowest BCUT2D eigenvalue weighted by molar-refractivity contribution is 0.0663. The fraction of sp³-hybridized carbons (Fsp3) is 0.357. The average molecular weight is 245 g/mol. The monoisotopic (exact) mass is 245 g/mol. The van der Waals surface area contributed by atoms with Crippen molar-refractivity contribution in [3.8, 4) is 0 Å². The summed E-state index contributed by atoms with van der Waals surface area (Å²) in [6.45, 7) is 2.73. The highest BCUT2D eigenvalue weighted by atomic mass is 16.4. The molecule has 0 bridgehead atoms. The molecule has 1 fully saturated rings. The predicted octanol–water partition coefficient (Wildman–Crippen LogP) is 2.63. The summed E-state index contributed by atoms with van der Waals surface area (Å²) in [6, 6.07) is 7.95. The minimum absolute atomic E-state index is 0.0528. The minimum Gasteiger partial charge on any atom is -0.475 e. The summed E-state index contributed by atoms with van der Waals surface area (Å²) in [5.74, 6) is -0.264. The van der Waals surface area contributed by atoms with E-state index in [9.17, 15) is 9.90 Å². The van der Waals surface area contributed by atoms with Gasteiger partial charge in [-0.05, 0) is 18.4 Å². The van der Waals surface area contributed by atoms with Gasteiger partial charge in [0.15, 0.2) is 0 Å². The maximum atomic E-state index is 11.2. The van der Waals surface area contributed by atoms with Crippen molar-refractivity contribution >= 4 is 16.9 Å². The summed E-state index contributed by atoms with van der Waals surface area (Å²) in [6.07, 6.45) is 1.16. The van der Waals surface area contributed by atoms with Crippen molar-refractivity contribution in [3.05, 3.63) is 35.6 Å². The first kappa shape index (κ1) is 11.3. The number of carboxylic acid groups (broad SMARTS) is 1. The number of hydrogen-bond donors (Lipinski definition) is 2. The quantitative estimate of drug-likeness (QED) is 0.869. The number of para-hydroxylation sites is 1. The van der Waals surface area contributed by atoms with Crippen molar-refractivity contribution in [2.24, 2.45) is 5.92 Å². The van der Waals surface area contributed by atoms with Crippen LogP contribution in [0.15, 0.2) is 28.7 Å². The summed E-state index contributed by atoms with van der Waals surface area (Å²) in [5, 5.41) is 13.4. The second-order valence-corrected chi connectivity index (χ2v) is 4.91. The summed E-state index contributed by atoms with van der Waals surface area (Å²) in [7, 11) is 0. The molecule has 0 saturated heterocycles. The molecule has 2 atom stereocenters. The highest BCUT2D eigenvalue weighted by Gasteiger charge is 2.32. The van der Waals surface area contributed by atoms with Crippen molar-refractivity contribution < 1.29 is 14.3 Å². The predicted molar refractivity (Wildman–Crippen MR) is 67.6 cm³/mol. The molecular formula is C14H15NO3. The van der Waals surface area contributed by atoms with Crippen LogP contribution in [0.25, 0.3) is 11.0 Å². The Morgan fingerprint density at radius 1 is 1.50 bits per heavy atom. The van der Waals surface area contributed by atoms with E-state index in [1.165, 1.54) is 0 Å². The zero-order valence-electron chi connectivity index (χ0n) is 10.1. The van der Waals surface area contributed by atoms with E-state index in [1.807, 2.05) is 18.2 Å². The molecule has 0 amide bonds. The molecule has 2 N–H and O–H groups in total. The van der Waals surface area contributed by atoms with E-state index in [2.05, 4.69) is 12.2 Å². The van der Waals surface area contributed by atoms with E-state index < -0.39 is 5.97 Å². The Morgan fingerprint density at radius 2 is 2.22 bits per heavy atom. The molecule has 1 heterocycles. The number of rotatable bonds is 4. The van der Waals surface area contributed by atoms with E-state index >= 15 is 0 Å². The normalized spacial score (nSPS) is 22.3. The fourth-order valence-electron chi connectivity index (χ4n) is 2.29. The second kappa shape index (κ2) is 4.14. The van der Waals surface area contributed by atoms with Crippen LogP contribution in [0.5, 0.6) is 0 Å². The lowest BCUT2D eigenvalue weighted by Gasteiger charge is -2.02. The largest absolute Gasteiger partial charge is 0.475 e. The van der Waals surface area contributed by atoms with Gasteiger partial charge in [0.2, 0.25) is 5.76 Å². The van der Waals surface area contributed by atoms with Crippen molar-refractivity contribution in [1.29, 1.82) is 0 Å². The molecule has 94 valence electrons.